The summed E-state index contributed by atoms with van der Waals surface area (Å²) in [6, 6.07) is 4.38. The molecule has 10 heteroatoms. The van der Waals surface area contributed by atoms with Gasteiger partial charge in [-0.25, -0.2) is 17.2 Å². The largest absolute Gasteiger partial charge is 0.489 e. The molecule has 2 rings (SSSR count). The Labute approximate surface area is 183 Å². The van der Waals surface area contributed by atoms with E-state index in [2.05, 4.69) is 5.32 Å². The molecule has 1 aromatic carbocycles. The second-order valence-electron chi connectivity index (χ2n) is 7.96. The van der Waals surface area contributed by atoms with Gasteiger partial charge in [-0.2, -0.15) is 4.31 Å². The quantitative estimate of drug-likeness (QED) is 0.545. The summed E-state index contributed by atoms with van der Waals surface area (Å²) < 4.78 is 58.8. The SMILES string of the molecule is CCCN(CC(=O)Nc1cc(S(=O)(=O)N2CCCCC2)ccc1OC(C)C)CC(F)F. The van der Waals surface area contributed by atoms with Crippen LogP contribution in [-0.4, -0.2) is 68.8 Å². The van der Waals surface area contributed by atoms with E-state index in [9.17, 15) is 22.0 Å². The standard InChI is InChI=1S/C21H33F2N3O4S/c1-4-10-25(14-20(22)23)15-21(27)24-18-13-17(8-9-19(18)30-16(2)3)31(28,29)26-11-6-5-7-12-26/h8-9,13,16,20H,4-7,10-12,14-15H2,1-3H3,(H,24,27). The molecule has 1 aliphatic heterocycles. The van der Waals surface area contributed by atoms with E-state index in [0.29, 0.717) is 31.8 Å². The van der Waals surface area contributed by atoms with Crippen LogP contribution in [-0.2, 0) is 14.8 Å². The van der Waals surface area contributed by atoms with Gasteiger partial charge in [0.25, 0.3) is 6.43 Å². The second-order valence-corrected chi connectivity index (χ2v) is 9.90. The van der Waals surface area contributed by atoms with E-state index in [0.717, 1.165) is 19.3 Å². The minimum atomic E-state index is -3.70. The number of benzene rings is 1. The van der Waals surface area contributed by atoms with E-state index < -0.39 is 28.9 Å². The minimum absolute atomic E-state index is 0.0683. The molecule has 0 aromatic heterocycles. The van der Waals surface area contributed by atoms with E-state index in [1.165, 1.54) is 27.4 Å². The van der Waals surface area contributed by atoms with Crippen molar-refractivity contribution in [3.05, 3.63) is 18.2 Å². The lowest BCUT2D eigenvalue weighted by atomic mass is 10.2. The highest BCUT2D eigenvalue weighted by atomic mass is 32.2. The molecule has 7 nitrogen and oxygen atoms in total. The molecular formula is C21H33F2N3O4S. The van der Waals surface area contributed by atoms with Crippen LogP contribution < -0.4 is 10.1 Å². The van der Waals surface area contributed by atoms with Crippen LogP contribution in [0.4, 0.5) is 14.5 Å². The number of sulfonamides is 1. The van der Waals surface area contributed by atoms with Crippen molar-refractivity contribution in [1.82, 2.24) is 9.21 Å². The Morgan fingerprint density at radius 1 is 1.23 bits per heavy atom. The number of halogens is 2. The molecule has 1 heterocycles. The van der Waals surface area contributed by atoms with E-state index in [-0.39, 0.29) is 23.2 Å². The predicted octanol–water partition coefficient (Wildman–Crippen LogP) is 3.56. The van der Waals surface area contributed by atoms with Crippen molar-refractivity contribution in [2.45, 2.75) is 63.9 Å². The third-order valence-electron chi connectivity index (χ3n) is 4.84. The smallest absolute Gasteiger partial charge is 0.251 e. The van der Waals surface area contributed by atoms with E-state index in [1.807, 2.05) is 20.8 Å². The number of hydrogen-bond acceptors (Lipinski definition) is 5. The third kappa shape index (κ3) is 7.69. The maximum atomic E-state index is 13.0. The molecule has 176 valence electrons. The van der Waals surface area contributed by atoms with Crippen LogP contribution in [0.2, 0.25) is 0 Å². The van der Waals surface area contributed by atoms with Crippen molar-refractivity contribution in [1.29, 1.82) is 0 Å². The van der Waals surface area contributed by atoms with Crippen LogP contribution in [0.3, 0.4) is 0 Å². The Balaban J connectivity index is 2.26. The summed E-state index contributed by atoms with van der Waals surface area (Å²) in [6.45, 7) is 6.05. The predicted molar refractivity (Wildman–Crippen MR) is 116 cm³/mol. The van der Waals surface area contributed by atoms with Gasteiger partial charge in [0.2, 0.25) is 15.9 Å². The molecule has 0 radical (unpaired) electrons. The van der Waals surface area contributed by atoms with Gasteiger partial charge in [0, 0.05) is 13.1 Å². The minimum Gasteiger partial charge on any atom is -0.489 e. The fraction of sp³-hybridized carbons (Fsp3) is 0.667. The Bertz CT molecular complexity index is 828. The van der Waals surface area contributed by atoms with E-state index in [1.54, 1.807) is 0 Å². The number of hydrogen-bond donors (Lipinski definition) is 1. The first-order chi connectivity index (χ1) is 14.6. The van der Waals surface area contributed by atoms with Gasteiger partial charge in [-0.05, 0) is 57.9 Å². The Morgan fingerprint density at radius 3 is 2.48 bits per heavy atom. The maximum Gasteiger partial charge on any atom is 0.251 e. The molecule has 1 amide bonds. The number of rotatable bonds is 11. The molecule has 0 saturated carbocycles. The van der Waals surface area contributed by atoms with Crippen molar-refractivity contribution in [3.8, 4) is 5.75 Å². The molecule has 1 aliphatic rings. The number of carbonyl (C=O) groups is 1. The van der Waals surface area contributed by atoms with Crippen molar-refractivity contribution >= 4 is 21.6 Å². The molecule has 0 unspecified atom stereocenters. The van der Waals surface area contributed by atoms with Crippen molar-refractivity contribution in [2.75, 3.05) is 38.0 Å². The highest BCUT2D eigenvalue weighted by Crippen LogP contribution is 2.31. The lowest BCUT2D eigenvalue weighted by molar-refractivity contribution is -0.117. The summed E-state index contributed by atoms with van der Waals surface area (Å²) in [6.07, 6.45) is 0.517. The topological polar surface area (TPSA) is 79.0 Å². The first-order valence-electron chi connectivity index (χ1n) is 10.7. The number of piperidine rings is 1. The number of amides is 1. The van der Waals surface area contributed by atoms with Gasteiger partial charge in [-0.1, -0.05) is 13.3 Å². The summed E-state index contributed by atoms with van der Waals surface area (Å²) in [5, 5.41) is 2.66. The normalized spacial score (nSPS) is 15.6. The van der Waals surface area contributed by atoms with Gasteiger partial charge < -0.3 is 10.1 Å². The number of carbonyl (C=O) groups excluding carboxylic acids is 1. The van der Waals surface area contributed by atoms with Crippen molar-refractivity contribution in [3.63, 3.8) is 0 Å². The Kier molecular flexibility index (Phi) is 9.64. The molecule has 1 aromatic rings. The average molecular weight is 462 g/mol. The molecule has 0 aliphatic carbocycles. The van der Waals surface area contributed by atoms with Crippen LogP contribution >= 0.6 is 0 Å². The zero-order valence-electron chi connectivity index (χ0n) is 18.4. The van der Waals surface area contributed by atoms with Crippen LogP contribution in [0.15, 0.2) is 23.1 Å². The summed E-state index contributed by atoms with van der Waals surface area (Å²) in [4.78, 5) is 14.0. The number of alkyl halides is 2. The monoisotopic (exact) mass is 461 g/mol. The molecular weight excluding hydrogens is 428 g/mol. The summed E-state index contributed by atoms with van der Waals surface area (Å²) in [7, 11) is -3.70. The van der Waals surface area contributed by atoms with Crippen LogP contribution in [0.5, 0.6) is 5.75 Å². The fourth-order valence-electron chi connectivity index (χ4n) is 3.52. The second kappa shape index (κ2) is 11.7. The average Bonchev–Trinajstić information content (AvgIpc) is 2.69. The maximum absolute atomic E-state index is 13.0. The van der Waals surface area contributed by atoms with Gasteiger partial charge >= 0.3 is 0 Å². The van der Waals surface area contributed by atoms with Crippen molar-refractivity contribution in [2.24, 2.45) is 0 Å². The molecule has 1 N–H and O–H groups in total. The van der Waals surface area contributed by atoms with E-state index in [4.69, 9.17) is 4.74 Å². The van der Waals surface area contributed by atoms with Gasteiger partial charge in [0.15, 0.2) is 0 Å². The van der Waals surface area contributed by atoms with Gasteiger partial charge in [0.05, 0.1) is 29.8 Å². The van der Waals surface area contributed by atoms with Crippen LogP contribution in [0.1, 0.15) is 46.5 Å². The molecule has 31 heavy (non-hydrogen) atoms. The Hall–Kier alpha value is -1.78. The van der Waals surface area contributed by atoms with Gasteiger partial charge in [-0.15, -0.1) is 0 Å². The lowest BCUT2D eigenvalue weighted by Gasteiger charge is -2.26. The first-order valence-corrected chi connectivity index (χ1v) is 12.2. The molecule has 1 fully saturated rings. The molecule has 0 spiro atoms. The highest BCUT2D eigenvalue weighted by Gasteiger charge is 2.27. The number of nitrogens with one attached hydrogen (secondary N) is 1. The number of ether oxygens (including phenoxy) is 1. The lowest BCUT2D eigenvalue weighted by Crippen LogP contribution is -2.37. The summed E-state index contributed by atoms with van der Waals surface area (Å²) in [5.74, 6) is -0.174. The molecule has 0 bridgehead atoms. The summed E-state index contributed by atoms with van der Waals surface area (Å²) >= 11 is 0. The first kappa shape index (κ1) is 25.5. The Morgan fingerprint density at radius 2 is 1.90 bits per heavy atom. The fourth-order valence-corrected chi connectivity index (χ4v) is 5.06. The number of nitrogens with zero attached hydrogens (tertiary/aromatic N) is 2. The van der Waals surface area contributed by atoms with Crippen LogP contribution in [0, 0.1) is 0 Å². The van der Waals surface area contributed by atoms with Crippen LogP contribution in [0.25, 0.3) is 0 Å². The number of anilines is 1. The zero-order chi connectivity index (χ0) is 23.0. The third-order valence-corrected chi connectivity index (χ3v) is 6.74. The molecule has 0 atom stereocenters. The zero-order valence-corrected chi connectivity index (χ0v) is 19.3. The highest BCUT2D eigenvalue weighted by molar-refractivity contribution is 7.89. The van der Waals surface area contributed by atoms with Gasteiger partial charge in [0.1, 0.15) is 5.75 Å². The van der Waals surface area contributed by atoms with Crippen molar-refractivity contribution < 1.29 is 26.7 Å². The molecule has 1 saturated heterocycles. The van der Waals surface area contributed by atoms with E-state index >= 15 is 0 Å². The summed E-state index contributed by atoms with van der Waals surface area (Å²) in [5.41, 5.74) is 0.213. The van der Waals surface area contributed by atoms with Gasteiger partial charge in [-0.3, -0.25) is 9.69 Å².